The summed E-state index contributed by atoms with van der Waals surface area (Å²) in [5.41, 5.74) is 10.2. The van der Waals surface area contributed by atoms with Crippen LogP contribution < -0.4 is 0 Å². The molecule has 15 aromatic rings. The highest BCUT2D eigenvalue weighted by atomic mass is 16.5. The zero-order valence-corrected chi connectivity index (χ0v) is 72.2. The molecule has 594 valence electrons. The van der Waals surface area contributed by atoms with Crippen LogP contribution in [0.4, 0.5) is 0 Å². The molecule has 0 bridgehead atoms. The normalized spacial score (nSPS) is 14.7. The molecule has 114 heavy (non-hydrogen) atoms. The number of esters is 1. The maximum absolute atomic E-state index is 14.3. The van der Waals surface area contributed by atoms with Gasteiger partial charge in [0.1, 0.15) is 0 Å². The fourth-order valence-electron chi connectivity index (χ4n) is 21.4. The van der Waals surface area contributed by atoms with Gasteiger partial charge in [0.25, 0.3) is 0 Å². The average molecular weight is 1520 g/mol. The third-order valence-electron chi connectivity index (χ3n) is 28.0. The lowest BCUT2D eigenvalue weighted by molar-refractivity contribution is 0.0500. The fraction of sp³-hybridized carbons (Fsp3) is 0.482. The molecule has 0 saturated carbocycles. The minimum atomic E-state index is -0.484. The quantitative estimate of drug-likeness (QED) is 0.0166. The summed E-state index contributed by atoms with van der Waals surface area (Å²) in [6, 6.07) is 44.2. The predicted molar refractivity (Wildman–Crippen MR) is 493 cm³/mol. The summed E-state index contributed by atoms with van der Waals surface area (Å²) in [4.78, 5) is 41.9. The van der Waals surface area contributed by atoms with Crippen LogP contribution in [0.25, 0.3) is 129 Å². The molecule has 0 N–H and O–H groups in total. The lowest BCUT2D eigenvalue weighted by Gasteiger charge is -2.30. The second kappa shape index (κ2) is 33.4. The number of rotatable bonds is 40. The first-order valence-corrected chi connectivity index (χ1v) is 45.8. The Morgan fingerprint density at radius 3 is 0.719 bits per heavy atom. The van der Waals surface area contributed by atoms with Gasteiger partial charge in [0.05, 0.1) is 12.2 Å². The number of benzene rings is 15. The van der Waals surface area contributed by atoms with E-state index in [1.165, 1.54) is 278 Å². The number of fused-ring (bicyclic) bond motifs is 8. The van der Waals surface area contributed by atoms with Gasteiger partial charge in [0.15, 0.2) is 11.6 Å². The molecule has 0 radical (unpaired) electrons. The number of carbonyl (C=O) groups is 3. The van der Waals surface area contributed by atoms with Crippen LogP contribution in [0.15, 0.2) is 115 Å². The van der Waals surface area contributed by atoms with E-state index in [4.69, 9.17) is 4.74 Å². The van der Waals surface area contributed by atoms with Crippen LogP contribution >= 0.6 is 0 Å². The lowest BCUT2D eigenvalue weighted by Crippen LogP contribution is -2.21. The monoisotopic (exact) mass is 1510 g/mol. The summed E-state index contributed by atoms with van der Waals surface area (Å²) in [6.07, 6.45) is 31.6. The predicted octanol–water partition coefficient (Wildman–Crippen LogP) is 31.7. The molecule has 4 nitrogen and oxygen atoms in total. The molecule has 5 atom stereocenters. The summed E-state index contributed by atoms with van der Waals surface area (Å²) in [6.45, 7) is 36.6. The minimum absolute atomic E-state index is 0.199. The smallest absolute Gasteiger partial charge is 0.338 e. The van der Waals surface area contributed by atoms with Gasteiger partial charge in [-0.05, 0) is 317 Å². The molecule has 5 unspecified atom stereocenters. The molecule has 0 amide bonds. The molecule has 0 aromatic heterocycles. The second-order valence-electron chi connectivity index (χ2n) is 39.7. The van der Waals surface area contributed by atoms with E-state index in [1.54, 1.807) is 42.5 Å². The van der Waals surface area contributed by atoms with Gasteiger partial charge in [-0.2, -0.15) is 0 Å². The van der Waals surface area contributed by atoms with E-state index in [2.05, 4.69) is 177 Å². The van der Waals surface area contributed by atoms with Gasteiger partial charge in [0, 0.05) is 22.3 Å². The van der Waals surface area contributed by atoms with Gasteiger partial charge in [-0.3, -0.25) is 9.59 Å². The van der Waals surface area contributed by atoms with Gasteiger partial charge in [-0.1, -0.05) is 297 Å². The van der Waals surface area contributed by atoms with Gasteiger partial charge >= 0.3 is 5.97 Å². The van der Waals surface area contributed by atoms with Crippen molar-refractivity contribution in [3.05, 3.63) is 176 Å². The first-order chi connectivity index (χ1) is 55.0. The summed E-state index contributed by atoms with van der Waals surface area (Å²) >= 11 is 0. The molecule has 0 saturated heterocycles. The molecule has 16 rings (SSSR count). The first kappa shape index (κ1) is 79.6. The summed E-state index contributed by atoms with van der Waals surface area (Å²) < 4.78 is 6.24. The fourth-order valence-corrected chi connectivity index (χ4v) is 21.4. The third kappa shape index (κ3) is 15.5. The Kier molecular flexibility index (Phi) is 23.3. The van der Waals surface area contributed by atoms with E-state index in [-0.39, 0.29) is 29.3 Å². The molecule has 0 aliphatic heterocycles. The molecule has 0 heterocycles. The number of carbonyl (C=O) groups excluding carboxylic acids is 3. The molecule has 15 aromatic carbocycles. The molecule has 4 heteroatoms. The number of hydrogen-bond donors (Lipinski definition) is 0. The molecule has 0 fully saturated rings. The van der Waals surface area contributed by atoms with E-state index in [9.17, 15) is 14.4 Å². The molecule has 0 spiro atoms. The topological polar surface area (TPSA) is 60.4 Å². The van der Waals surface area contributed by atoms with E-state index in [1.807, 2.05) is 0 Å². The van der Waals surface area contributed by atoms with Gasteiger partial charge in [-0.15, -0.1) is 0 Å². The highest BCUT2D eigenvalue weighted by Crippen LogP contribution is 2.61. The zero-order valence-electron chi connectivity index (χ0n) is 72.2. The Morgan fingerprint density at radius 2 is 0.474 bits per heavy atom. The van der Waals surface area contributed by atoms with Gasteiger partial charge in [-0.25, -0.2) is 4.79 Å². The van der Waals surface area contributed by atoms with E-state index in [0.29, 0.717) is 71.0 Å². The SMILES string of the molecule is CC(C)CCCC(C)CCc1cc2c3cc(CCCOC(=O)c4ccc5c(c4)C(=O)c4ccccc4C5=O)cc4c5cc(CCC(C)CCCC(C)C)cc6c7cc(CCC(C)CCCC(C)C)cc8c9cc(CCC(C)CCCC(C)C)cc%10c%11cc(CCC(C)CCCC(C)C)cc%12c(c1)c2c1c(c34)c(c56)c(c78)c(c%109)c1c%12%11. The van der Waals surface area contributed by atoms with Crippen LogP contribution in [-0.4, -0.2) is 24.1 Å². The van der Waals surface area contributed by atoms with Crippen molar-refractivity contribution >= 4 is 147 Å². The van der Waals surface area contributed by atoms with Crippen LogP contribution in [-0.2, 0) is 43.3 Å². The molecule has 1 aliphatic carbocycles. The van der Waals surface area contributed by atoms with Gasteiger partial charge < -0.3 is 4.74 Å². The van der Waals surface area contributed by atoms with Crippen molar-refractivity contribution in [2.24, 2.45) is 59.2 Å². The Hall–Kier alpha value is -8.21. The van der Waals surface area contributed by atoms with Crippen molar-refractivity contribution in [2.75, 3.05) is 6.61 Å². The van der Waals surface area contributed by atoms with Crippen LogP contribution in [0.1, 0.15) is 314 Å². The summed E-state index contributed by atoms with van der Waals surface area (Å²) in [5.74, 6) is 5.81. The van der Waals surface area contributed by atoms with E-state index < -0.39 is 5.97 Å². The highest BCUT2D eigenvalue weighted by molar-refractivity contribution is 6.61. The van der Waals surface area contributed by atoms with Crippen molar-refractivity contribution in [1.82, 2.24) is 0 Å². The Bertz CT molecular complexity index is 5680. The largest absolute Gasteiger partial charge is 0.462 e. The Labute approximate surface area is 681 Å². The summed E-state index contributed by atoms with van der Waals surface area (Å²) in [7, 11) is 0. The third-order valence-corrected chi connectivity index (χ3v) is 28.0. The lowest BCUT2D eigenvalue weighted by atomic mass is 9.72. The van der Waals surface area contributed by atoms with E-state index in [0.717, 1.165) is 62.7 Å². The van der Waals surface area contributed by atoms with Crippen LogP contribution in [0, 0.1) is 59.2 Å². The van der Waals surface area contributed by atoms with E-state index >= 15 is 0 Å². The first-order valence-electron chi connectivity index (χ1n) is 45.8. The van der Waals surface area contributed by atoms with Crippen molar-refractivity contribution in [2.45, 2.75) is 277 Å². The maximum atomic E-state index is 14.3. The van der Waals surface area contributed by atoms with Crippen LogP contribution in [0.2, 0.25) is 0 Å². The van der Waals surface area contributed by atoms with Crippen LogP contribution in [0.5, 0.6) is 0 Å². The number of ketones is 2. The number of ether oxygens (including phenoxy) is 1. The van der Waals surface area contributed by atoms with Gasteiger partial charge in [0.2, 0.25) is 0 Å². The van der Waals surface area contributed by atoms with Crippen molar-refractivity contribution in [3.63, 3.8) is 0 Å². The minimum Gasteiger partial charge on any atom is -0.462 e. The van der Waals surface area contributed by atoms with Crippen molar-refractivity contribution < 1.29 is 19.1 Å². The highest BCUT2D eigenvalue weighted by Gasteiger charge is 2.35. The van der Waals surface area contributed by atoms with Crippen LogP contribution in [0.3, 0.4) is 0 Å². The standard InChI is InChI=1S/C110H130O4/c1-63(2)24-18-29-68(11)37-42-74-52-85-83-50-73(34-23-49-114-110(113)79-47-48-82-95(62-79)109(112)81-36-17-16-35-80(81)108(82)111)51-84-86-53-75(43-38-69(12)30-19-25-64(3)4)55-88-90-57-77(45-40-71(14)32-21-27-66(7)8)59-92-94-61-78(46-41-72(15)33-22-28-67(9)10)60-93-91-58-76(44-39-70(13)31-20-26-65(5)6)56-89-87(54-74)97(85)103-102(96(83)84)104(98(86)88)106(100(90)92)107(101(93)94)105(103)99(89)91/h16-17,35-36,47-48,50-72H,18-34,37-46,49H2,1-15H3. The molecular formula is C110H130O4. The second-order valence-corrected chi connectivity index (χ2v) is 39.7. The average Bonchev–Trinajstić information content (AvgIpc) is 0.642. The zero-order chi connectivity index (χ0) is 79.7. The molecular weight excluding hydrogens is 1390 g/mol. The number of hydrogen-bond acceptors (Lipinski definition) is 4. The van der Waals surface area contributed by atoms with Crippen molar-refractivity contribution in [1.29, 1.82) is 0 Å². The Morgan fingerprint density at radius 1 is 0.246 bits per heavy atom. The maximum Gasteiger partial charge on any atom is 0.338 e. The molecule has 1 aliphatic rings. The number of aryl methyl sites for hydroxylation is 6. The summed E-state index contributed by atoms with van der Waals surface area (Å²) in [5, 5.41) is 34.6. The van der Waals surface area contributed by atoms with Crippen molar-refractivity contribution in [3.8, 4) is 0 Å². The Balaban J connectivity index is 0.956.